The summed E-state index contributed by atoms with van der Waals surface area (Å²) in [7, 11) is 1.55. The molecule has 19 heavy (non-hydrogen) atoms. The molecule has 0 aliphatic heterocycles. The van der Waals surface area contributed by atoms with Crippen molar-refractivity contribution in [1.82, 2.24) is 9.97 Å². The molecule has 0 unspecified atom stereocenters. The number of benzene rings is 1. The predicted molar refractivity (Wildman–Crippen MR) is 71.8 cm³/mol. The van der Waals surface area contributed by atoms with Crippen LogP contribution in [0.25, 0.3) is 22.2 Å². The Kier molecular flexibility index (Phi) is 2.81. The molecule has 0 aliphatic carbocycles. The Labute approximate surface area is 117 Å². The van der Waals surface area contributed by atoms with E-state index in [1.54, 1.807) is 12.1 Å². The second-order valence-electron chi connectivity index (χ2n) is 3.80. The first-order valence-electron chi connectivity index (χ1n) is 5.11. The first-order valence-corrected chi connectivity index (χ1v) is 7.80. The number of H-pyrrole nitrogens is 1. The van der Waals surface area contributed by atoms with Crippen molar-refractivity contribution < 1.29 is 12.8 Å². The lowest BCUT2D eigenvalue weighted by Gasteiger charge is -2.02. The lowest BCUT2D eigenvalue weighted by Crippen LogP contribution is -1.88. The van der Waals surface area contributed by atoms with Gasteiger partial charge in [-0.25, -0.2) is 13.4 Å². The first-order chi connectivity index (χ1) is 8.98. The van der Waals surface area contributed by atoms with Crippen LogP contribution in [0.2, 0.25) is 5.02 Å². The molecule has 0 spiro atoms. The monoisotopic (exact) mass is 316 g/mol. The summed E-state index contributed by atoms with van der Waals surface area (Å²) < 4.78 is 28.1. The van der Waals surface area contributed by atoms with E-state index in [1.165, 1.54) is 18.8 Å². The smallest absolute Gasteiger partial charge is 0.263 e. The molecule has 0 fully saturated rings. The zero-order valence-corrected chi connectivity index (χ0v) is 11.6. The van der Waals surface area contributed by atoms with Crippen molar-refractivity contribution >= 4 is 42.2 Å². The van der Waals surface area contributed by atoms with Gasteiger partial charge in [0.2, 0.25) is 0 Å². The molecule has 2 heterocycles. The van der Waals surface area contributed by atoms with E-state index in [4.69, 9.17) is 26.7 Å². The highest BCUT2D eigenvalue weighted by atomic mass is 35.7. The molecular weight excluding hydrogens is 311 g/mol. The number of nitrogens with zero attached hydrogens (tertiary/aromatic N) is 1. The summed E-state index contributed by atoms with van der Waals surface area (Å²) in [5.41, 5.74) is 1.08. The summed E-state index contributed by atoms with van der Waals surface area (Å²) in [4.78, 5) is 6.68. The normalized spacial score (nSPS) is 12.1. The number of nitrogens with one attached hydrogen (secondary N) is 1. The Hall–Kier alpha value is -1.50. The first kappa shape index (κ1) is 12.5. The molecular formula is C11H6Cl2N2O3S. The maximum absolute atomic E-state index is 11.5. The van der Waals surface area contributed by atoms with Gasteiger partial charge in [0, 0.05) is 22.3 Å². The van der Waals surface area contributed by atoms with Gasteiger partial charge in [-0.1, -0.05) is 11.6 Å². The zero-order chi connectivity index (χ0) is 13.6. The summed E-state index contributed by atoms with van der Waals surface area (Å²) >= 11 is 6.13. The Morgan fingerprint density at radius 3 is 2.74 bits per heavy atom. The fraction of sp³-hybridized carbons (Fsp3) is 0. The van der Waals surface area contributed by atoms with Crippen LogP contribution in [0.4, 0.5) is 0 Å². The van der Waals surface area contributed by atoms with Gasteiger partial charge >= 0.3 is 0 Å². The van der Waals surface area contributed by atoms with Crippen molar-refractivity contribution in [3.63, 3.8) is 0 Å². The largest absolute Gasteiger partial charge is 0.443 e. The van der Waals surface area contributed by atoms with Crippen molar-refractivity contribution in [2.75, 3.05) is 0 Å². The minimum atomic E-state index is -3.83. The average molecular weight is 317 g/mol. The Bertz CT molecular complexity index is 854. The van der Waals surface area contributed by atoms with Crippen LogP contribution in [-0.2, 0) is 9.05 Å². The molecule has 1 N–H and O–H groups in total. The van der Waals surface area contributed by atoms with E-state index in [0.29, 0.717) is 27.2 Å². The maximum atomic E-state index is 11.5. The topological polar surface area (TPSA) is 76.0 Å². The van der Waals surface area contributed by atoms with Gasteiger partial charge in [0.15, 0.2) is 12.2 Å². The van der Waals surface area contributed by atoms with Crippen LogP contribution >= 0.6 is 22.3 Å². The van der Waals surface area contributed by atoms with Crippen molar-refractivity contribution in [2.24, 2.45) is 0 Å². The molecule has 8 heteroatoms. The Morgan fingerprint density at radius 1 is 1.32 bits per heavy atom. The van der Waals surface area contributed by atoms with Gasteiger partial charge in [-0.3, -0.25) is 0 Å². The standard InChI is InChI=1S/C11H6Cl2N2O3S/c12-7-2-1-6-9(19(13,16)17)4-15-11(6)10(7)8-3-14-5-18-8/h1-5,15H. The van der Waals surface area contributed by atoms with E-state index in [9.17, 15) is 8.42 Å². The molecule has 0 atom stereocenters. The van der Waals surface area contributed by atoms with Gasteiger partial charge in [0.25, 0.3) is 9.05 Å². The lowest BCUT2D eigenvalue weighted by molar-refractivity contribution is 0.572. The highest BCUT2D eigenvalue weighted by Gasteiger charge is 2.20. The molecule has 3 rings (SSSR count). The van der Waals surface area contributed by atoms with Gasteiger partial charge in [0.05, 0.1) is 22.3 Å². The highest BCUT2D eigenvalue weighted by molar-refractivity contribution is 8.14. The number of aromatic nitrogens is 2. The second kappa shape index (κ2) is 4.26. The number of hydrogen-bond donors (Lipinski definition) is 1. The second-order valence-corrected chi connectivity index (χ2v) is 6.74. The Morgan fingerprint density at radius 2 is 2.11 bits per heavy atom. The molecule has 1 aromatic carbocycles. The number of rotatable bonds is 2. The van der Waals surface area contributed by atoms with Crippen molar-refractivity contribution in [3.05, 3.63) is 35.9 Å². The maximum Gasteiger partial charge on any atom is 0.263 e. The summed E-state index contributed by atoms with van der Waals surface area (Å²) in [6.07, 6.45) is 4.09. The summed E-state index contributed by atoms with van der Waals surface area (Å²) in [6.45, 7) is 0. The zero-order valence-electron chi connectivity index (χ0n) is 9.22. The molecule has 3 aromatic rings. The van der Waals surface area contributed by atoms with Crippen LogP contribution in [0.1, 0.15) is 0 Å². The van der Waals surface area contributed by atoms with E-state index in [1.807, 2.05) is 0 Å². The minimum absolute atomic E-state index is 0.00148. The quantitative estimate of drug-likeness (QED) is 0.735. The highest BCUT2D eigenvalue weighted by Crippen LogP contribution is 2.37. The predicted octanol–water partition coefficient (Wildman–Crippen LogP) is 3.40. The van der Waals surface area contributed by atoms with Gasteiger partial charge in [-0.15, -0.1) is 0 Å². The van der Waals surface area contributed by atoms with Gasteiger partial charge < -0.3 is 9.40 Å². The third-order valence-corrected chi connectivity index (χ3v) is 4.39. The molecule has 0 saturated heterocycles. The number of halogens is 2. The van der Waals surface area contributed by atoms with Gasteiger partial charge in [-0.2, -0.15) is 0 Å². The Balaban J connectivity index is 2.41. The summed E-state index contributed by atoms with van der Waals surface area (Å²) in [6, 6.07) is 3.17. The summed E-state index contributed by atoms with van der Waals surface area (Å²) in [5.74, 6) is 0.441. The SMILES string of the molecule is O=S(=O)(Cl)c1c[nH]c2c(-c3cnco3)c(Cl)ccc12. The van der Waals surface area contributed by atoms with Crippen LogP contribution in [0.15, 0.2) is 40.2 Å². The van der Waals surface area contributed by atoms with E-state index in [0.717, 1.165) is 0 Å². The van der Waals surface area contributed by atoms with Crippen molar-refractivity contribution in [2.45, 2.75) is 4.90 Å². The molecule has 0 aliphatic rings. The number of aromatic amines is 1. The van der Waals surface area contributed by atoms with Crippen molar-refractivity contribution in [1.29, 1.82) is 0 Å². The molecule has 5 nitrogen and oxygen atoms in total. The van der Waals surface area contributed by atoms with Crippen molar-refractivity contribution in [3.8, 4) is 11.3 Å². The number of fused-ring (bicyclic) bond motifs is 1. The fourth-order valence-electron chi connectivity index (χ4n) is 1.93. The van der Waals surface area contributed by atoms with Crippen LogP contribution in [0.5, 0.6) is 0 Å². The lowest BCUT2D eigenvalue weighted by atomic mass is 10.1. The van der Waals surface area contributed by atoms with Gasteiger partial charge in [-0.05, 0) is 12.1 Å². The molecule has 0 bridgehead atoms. The molecule has 0 saturated carbocycles. The van der Waals surface area contributed by atoms with Crippen LogP contribution in [-0.4, -0.2) is 18.4 Å². The van der Waals surface area contributed by atoms with E-state index >= 15 is 0 Å². The molecule has 2 aromatic heterocycles. The fourth-order valence-corrected chi connectivity index (χ4v) is 3.20. The van der Waals surface area contributed by atoms with Crippen LogP contribution in [0.3, 0.4) is 0 Å². The number of hydrogen-bond acceptors (Lipinski definition) is 4. The van der Waals surface area contributed by atoms with E-state index < -0.39 is 9.05 Å². The van der Waals surface area contributed by atoms with E-state index in [2.05, 4.69) is 9.97 Å². The third kappa shape index (κ3) is 2.01. The molecule has 98 valence electrons. The van der Waals surface area contributed by atoms with Crippen LogP contribution in [0, 0.1) is 0 Å². The minimum Gasteiger partial charge on any atom is -0.443 e. The average Bonchev–Trinajstić information content (AvgIpc) is 2.94. The number of oxazole rings is 1. The van der Waals surface area contributed by atoms with Gasteiger partial charge in [0.1, 0.15) is 4.90 Å². The third-order valence-electron chi connectivity index (χ3n) is 2.71. The van der Waals surface area contributed by atoms with Crippen LogP contribution < -0.4 is 0 Å². The summed E-state index contributed by atoms with van der Waals surface area (Å²) in [5, 5.41) is 0.871. The van der Waals surface area contributed by atoms with E-state index in [-0.39, 0.29) is 4.90 Å². The molecule has 0 amide bonds. The molecule has 0 radical (unpaired) electrons.